The second-order valence-electron chi connectivity index (χ2n) is 7.39. The minimum Gasteiger partial charge on any atom is -0.326 e. The van der Waals surface area contributed by atoms with Crippen LogP contribution in [0.1, 0.15) is 29.5 Å². The molecular formula is C21H25FN2O3S. The molecule has 2 aromatic carbocycles. The van der Waals surface area contributed by atoms with E-state index in [-0.39, 0.29) is 36.2 Å². The van der Waals surface area contributed by atoms with E-state index in [1.54, 1.807) is 6.07 Å². The summed E-state index contributed by atoms with van der Waals surface area (Å²) in [4.78, 5) is 12.6. The number of carbonyl (C=O) groups is 1. The molecule has 0 spiro atoms. The molecule has 1 heterocycles. The molecule has 0 radical (unpaired) electrons. The van der Waals surface area contributed by atoms with Crippen molar-refractivity contribution in [2.75, 3.05) is 18.4 Å². The smallest absolute Gasteiger partial charge is 0.227 e. The molecule has 3 rings (SSSR count). The van der Waals surface area contributed by atoms with Gasteiger partial charge in [-0.25, -0.2) is 17.1 Å². The number of anilines is 1. The Morgan fingerprint density at radius 2 is 1.71 bits per heavy atom. The fourth-order valence-corrected chi connectivity index (χ4v) is 5.17. The molecule has 1 saturated heterocycles. The molecule has 1 fully saturated rings. The summed E-state index contributed by atoms with van der Waals surface area (Å²) in [6.07, 6.45) is 0.903. The van der Waals surface area contributed by atoms with Crippen LogP contribution in [0.2, 0.25) is 0 Å². The zero-order valence-corrected chi connectivity index (χ0v) is 16.9. The van der Waals surface area contributed by atoms with Gasteiger partial charge in [0, 0.05) is 30.3 Å². The predicted octanol–water partition coefficient (Wildman–Crippen LogP) is 3.62. The Bertz CT molecular complexity index is 947. The lowest BCUT2D eigenvalue weighted by Gasteiger charge is -2.30. The molecule has 2 aromatic rings. The van der Waals surface area contributed by atoms with E-state index in [4.69, 9.17) is 0 Å². The van der Waals surface area contributed by atoms with Crippen LogP contribution in [0.3, 0.4) is 0 Å². The lowest BCUT2D eigenvalue weighted by Crippen LogP contribution is -2.42. The molecule has 0 aromatic heterocycles. The molecule has 0 unspecified atom stereocenters. The number of benzene rings is 2. The lowest BCUT2D eigenvalue weighted by atomic mass is 9.97. The van der Waals surface area contributed by atoms with Crippen molar-refractivity contribution in [1.82, 2.24) is 4.31 Å². The molecule has 150 valence electrons. The zero-order valence-electron chi connectivity index (χ0n) is 16.1. The van der Waals surface area contributed by atoms with Crippen molar-refractivity contribution in [3.63, 3.8) is 0 Å². The van der Waals surface area contributed by atoms with E-state index in [9.17, 15) is 17.6 Å². The van der Waals surface area contributed by atoms with Gasteiger partial charge in [-0.2, -0.15) is 0 Å². The van der Waals surface area contributed by atoms with Gasteiger partial charge in [0.2, 0.25) is 15.9 Å². The van der Waals surface area contributed by atoms with Crippen LogP contribution in [0.15, 0.2) is 42.5 Å². The Hall–Kier alpha value is -2.25. The number of rotatable bonds is 5. The monoisotopic (exact) mass is 404 g/mol. The average Bonchev–Trinajstić information content (AvgIpc) is 2.63. The average molecular weight is 405 g/mol. The van der Waals surface area contributed by atoms with Crippen LogP contribution in [0.25, 0.3) is 0 Å². The van der Waals surface area contributed by atoms with E-state index < -0.39 is 15.8 Å². The van der Waals surface area contributed by atoms with Crippen molar-refractivity contribution in [3.05, 3.63) is 65.0 Å². The highest BCUT2D eigenvalue weighted by atomic mass is 32.2. The zero-order chi connectivity index (χ0) is 20.3. The molecule has 1 aliphatic rings. The van der Waals surface area contributed by atoms with Gasteiger partial charge in [0.05, 0.1) is 5.75 Å². The minimum absolute atomic E-state index is 0.0869. The van der Waals surface area contributed by atoms with Crippen molar-refractivity contribution in [2.24, 2.45) is 5.92 Å². The van der Waals surface area contributed by atoms with E-state index in [1.807, 2.05) is 32.0 Å². The quantitative estimate of drug-likeness (QED) is 0.828. The molecule has 1 aliphatic heterocycles. The van der Waals surface area contributed by atoms with Gasteiger partial charge in [0.15, 0.2) is 0 Å². The maximum Gasteiger partial charge on any atom is 0.227 e. The van der Waals surface area contributed by atoms with Crippen molar-refractivity contribution >= 4 is 21.6 Å². The first-order valence-corrected chi connectivity index (χ1v) is 11.0. The van der Waals surface area contributed by atoms with Crippen molar-refractivity contribution in [2.45, 2.75) is 32.4 Å². The molecule has 0 atom stereocenters. The third-order valence-electron chi connectivity index (χ3n) is 5.00. The van der Waals surface area contributed by atoms with Gasteiger partial charge in [-0.1, -0.05) is 24.3 Å². The molecule has 0 bridgehead atoms. The Balaban J connectivity index is 1.59. The molecule has 7 heteroatoms. The van der Waals surface area contributed by atoms with Gasteiger partial charge in [-0.05, 0) is 56.0 Å². The summed E-state index contributed by atoms with van der Waals surface area (Å²) in [5.41, 5.74) is 3.07. The predicted molar refractivity (Wildman–Crippen MR) is 108 cm³/mol. The van der Waals surface area contributed by atoms with Crippen LogP contribution in [0, 0.1) is 25.6 Å². The fourth-order valence-electron chi connectivity index (χ4n) is 3.59. The van der Waals surface area contributed by atoms with Gasteiger partial charge in [-0.3, -0.25) is 4.79 Å². The summed E-state index contributed by atoms with van der Waals surface area (Å²) in [6, 6.07) is 11.8. The first-order valence-electron chi connectivity index (χ1n) is 9.35. The number of aryl methyl sites for hydroxylation is 2. The van der Waals surface area contributed by atoms with E-state index in [2.05, 4.69) is 5.32 Å². The number of sulfonamides is 1. The van der Waals surface area contributed by atoms with Crippen LogP contribution in [0.5, 0.6) is 0 Å². The Morgan fingerprint density at radius 1 is 1.11 bits per heavy atom. The summed E-state index contributed by atoms with van der Waals surface area (Å²) in [5.74, 6) is -1.20. The number of carbonyl (C=O) groups excluding carboxylic acids is 1. The topological polar surface area (TPSA) is 66.5 Å². The Morgan fingerprint density at radius 3 is 2.32 bits per heavy atom. The van der Waals surface area contributed by atoms with Crippen LogP contribution < -0.4 is 5.32 Å². The highest BCUT2D eigenvalue weighted by Gasteiger charge is 2.31. The van der Waals surface area contributed by atoms with Gasteiger partial charge in [0.1, 0.15) is 5.82 Å². The number of halogens is 1. The van der Waals surface area contributed by atoms with E-state index >= 15 is 0 Å². The summed E-state index contributed by atoms with van der Waals surface area (Å²) in [6.45, 7) is 4.48. The van der Waals surface area contributed by atoms with E-state index in [0.717, 1.165) is 16.8 Å². The molecule has 0 aliphatic carbocycles. The summed E-state index contributed by atoms with van der Waals surface area (Å²) < 4.78 is 40.4. The second kappa shape index (κ2) is 8.41. The van der Waals surface area contributed by atoms with Gasteiger partial charge >= 0.3 is 0 Å². The normalized spacial score (nSPS) is 16.1. The highest BCUT2D eigenvalue weighted by Crippen LogP contribution is 2.24. The van der Waals surface area contributed by atoms with E-state index in [0.29, 0.717) is 12.8 Å². The first kappa shape index (κ1) is 20.5. The summed E-state index contributed by atoms with van der Waals surface area (Å²) >= 11 is 0. The summed E-state index contributed by atoms with van der Waals surface area (Å²) in [7, 11) is -3.62. The number of amides is 1. The highest BCUT2D eigenvalue weighted by molar-refractivity contribution is 7.88. The first-order chi connectivity index (χ1) is 13.2. The largest absolute Gasteiger partial charge is 0.326 e. The second-order valence-corrected chi connectivity index (χ2v) is 9.36. The Labute approximate surface area is 165 Å². The van der Waals surface area contributed by atoms with Gasteiger partial charge in [-0.15, -0.1) is 0 Å². The van der Waals surface area contributed by atoms with Crippen molar-refractivity contribution in [3.8, 4) is 0 Å². The van der Waals surface area contributed by atoms with Crippen LogP contribution >= 0.6 is 0 Å². The van der Waals surface area contributed by atoms with Crippen molar-refractivity contribution in [1.29, 1.82) is 0 Å². The molecule has 0 saturated carbocycles. The Kier molecular flexibility index (Phi) is 6.15. The number of piperidine rings is 1. The number of nitrogens with one attached hydrogen (secondary N) is 1. The maximum atomic E-state index is 13.8. The van der Waals surface area contributed by atoms with Crippen molar-refractivity contribution < 1.29 is 17.6 Å². The number of hydrogen-bond donors (Lipinski definition) is 1. The third kappa shape index (κ3) is 4.97. The SMILES string of the molecule is Cc1cc(C)cc(NC(=O)C2CCN(S(=O)(=O)Cc3ccccc3F)CC2)c1. The molecule has 1 amide bonds. The van der Waals surface area contributed by atoms with Crippen LogP contribution in [-0.2, 0) is 20.6 Å². The summed E-state index contributed by atoms with van der Waals surface area (Å²) in [5, 5.41) is 2.94. The third-order valence-corrected chi connectivity index (χ3v) is 6.83. The lowest BCUT2D eigenvalue weighted by molar-refractivity contribution is -0.120. The van der Waals surface area contributed by atoms with E-state index in [1.165, 1.54) is 22.5 Å². The minimum atomic E-state index is -3.62. The number of nitrogens with zero attached hydrogens (tertiary/aromatic N) is 1. The van der Waals surface area contributed by atoms with Crippen LogP contribution in [-0.4, -0.2) is 31.7 Å². The van der Waals surface area contributed by atoms with Crippen LogP contribution in [0.4, 0.5) is 10.1 Å². The molecular weight excluding hydrogens is 379 g/mol. The number of hydrogen-bond acceptors (Lipinski definition) is 3. The standard InChI is InChI=1S/C21H25FN2O3S/c1-15-11-16(2)13-19(12-15)23-21(25)17-7-9-24(10-8-17)28(26,27)14-18-5-3-4-6-20(18)22/h3-6,11-13,17H,7-10,14H2,1-2H3,(H,23,25). The molecule has 28 heavy (non-hydrogen) atoms. The molecule has 1 N–H and O–H groups in total. The fraction of sp³-hybridized carbons (Fsp3) is 0.381. The molecule has 5 nitrogen and oxygen atoms in total. The van der Waals surface area contributed by atoms with Gasteiger partial charge < -0.3 is 5.32 Å². The maximum absolute atomic E-state index is 13.8. The van der Waals surface area contributed by atoms with Gasteiger partial charge in [0.25, 0.3) is 0 Å².